The smallest absolute Gasteiger partial charge is 0.139 e. The Morgan fingerprint density at radius 3 is 2.94 bits per heavy atom. The molecule has 0 saturated heterocycles. The van der Waals surface area contributed by atoms with Crippen molar-refractivity contribution in [3.8, 4) is 0 Å². The number of nitrogens with two attached hydrogens (primary N) is 1. The molecule has 1 saturated carbocycles. The van der Waals surface area contributed by atoms with Gasteiger partial charge in [-0.1, -0.05) is 19.8 Å². The Morgan fingerprint density at radius 2 is 2.44 bits per heavy atom. The SMILES string of the molecule is COC1(C(NN)c2occc2Br)CCCC(C)C1. The summed E-state index contributed by atoms with van der Waals surface area (Å²) in [6, 6.07) is 1.75. The lowest BCUT2D eigenvalue weighted by molar-refractivity contribution is -0.0850. The van der Waals surface area contributed by atoms with Gasteiger partial charge in [0.05, 0.1) is 16.3 Å². The van der Waals surface area contributed by atoms with Crippen molar-refractivity contribution < 1.29 is 9.15 Å². The van der Waals surface area contributed by atoms with Gasteiger partial charge in [0, 0.05) is 7.11 Å². The number of halogens is 1. The van der Waals surface area contributed by atoms with Gasteiger partial charge in [0.25, 0.3) is 0 Å². The van der Waals surface area contributed by atoms with E-state index in [1.807, 2.05) is 6.07 Å². The molecular formula is C13H21BrN2O2. The van der Waals surface area contributed by atoms with Crippen molar-refractivity contribution in [2.24, 2.45) is 11.8 Å². The molecule has 3 unspecified atom stereocenters. The lowest BCUT2D eigenvalue weighted by Gasteiger charge is -2.43. The highest BCUT2D eigenvalue weighted by molar-refractivity contribution is 9.10. The highest BCUT2D eigenvalue weighted by atomic mass is 79.9. The summed E-state index contributed by atoms with van der Waals surface area (Å²) in [6.07, 6.45) is 6.06. The van der Waals surface area contributed by atoms with Crippen molar-refractivity contribution in [2.45, 2.75) is 44.2 Å². The Bertz CT molecular complexity index is 396. The molecule has 0 amide bonds. The molecule has 0 aromatic carbocycles. The van der Waals surface area contributed by atoms with E-state index >= 15 is 0 Å². The third-order valence-electron chi connectivity index (χ3n) is 4.00. The van der Waals surface area contributed by atoms with Gasteiger partial charge >= 0.3 is 0 Å². The zero-order chi connectivity index (χ0) is 13.2. The molecule has 0 spiro atoms. The maximum atomic E-state index is 5.86. The number of furan rings is 1. The molecule has 0 radical (unpaired) electrons. The van der Waals surface area contributed by atoms with Gasteiger partial charge in [0.1, 0.15) is 11.8 Å². The summed E-state index contributed by atoms with van der Waals surface area (Å²) in [4.78, 5) is 0. The molecule has 102 valence electrons. The standard InChI is InChI=1S/C13H21BrN2O2/c1-9-4-3-6-13(8-9,17-2)12(16-15)11-10(14)5-7-18-11/h5,7,9,12,16H,3-4,6,8,15H2,1-2H3. The normalized spacial score (nSPS) is 30.3. The fourth-order valence-corrected chi connectivity index (χ4v) is 3.52. The second-order valence-corrected chi connectivity index (χ2v) is 6.06. The van der Waals surface area contributed by atoms with Gasteiger partial charge in [0.15, 0.2) is 0 Å². The number of nitrogens with one attached hydrogen (secondary N) is 1. The van der Waals surface area contributed by atoms with Crippen LogP contribution in [0.15, 0.2) is 21.2 Å². The topological polar surface area (TPSA) is 60.4 Å². The summed E-state index contributed by atoms with van der Waals surface area (Å²) in [5, 5.41) is 0. The van der Waals surface area contributed by atoms with Crippen LogP contribution in [0, 0.1) is 5.92 Å². The summed E-state index contributed by atoms with van der Waals surface area (Å²) in [5.74, 6) is 7.21. The van der Waals surface area contributed by atoms with Crippen LogP contribution in [0.1, 0.15) is 44.4 Å². The van der Waals surface area contributed by atoms with Crippen molar-refractivity contribution in [2.75, 3.05) is 7.11 Å². The van der Waals surface area contributed by atoms with E-state index in [0.29, 0.717) is 5.92 Å². The number of methoxy groups -OCH3 is 1. The first-order valence-electron chi connectivity index (χ1n) is 6.37. The van der Waals surface area contributed by atoms with Gasteiger partial charge in [-0.3, -0.25) is 5.84 Å². The maximum Gasteiger partial charge on any atom is 0.139 e. The van der Waals surface area contributed by atoms with Crippen LogP contribution in [-0.2, 0) is 4.74 Å². The van der Waals surface area contributed by atoms with Crippen molar-refractivity contribution in [3.63, 3.8) is 0 Å². The Labute approximate surface area is 116 Å². The molecule has 1 aliphatic rings. The van der Waals surface area contributed by atoms with E-state index in [4.69, 9.17) is 15.0 Å². The van der Waals surface area contributed by atoms with Crippen LogP contribution in [0.3, 0.4) is 0 Å². The number of hydrazine groups is 1. The molecule has 3 N–H and O–H groups in total. The molecule has 1 fully saturated rings. The summed E-state index contributed by atoms with van der Waals surface area (Å²) < 4.78 is 12.4. The van der Waals surface area contributed by atoms with Crippen LogP contribution in [0.4, 0.5) is 0 Å². The van der Waals surface area contributed by atoms with Crippen LogP contribution in [0.25, 0.3) is 0 Å². The monoisotopic (exact) mass is 316 g/mol. The molecule has 1 aromatic rings. The van der Waals surface area contributed by atoms with Crippen molar-refractivity contribution >= 4 is 15.9 Å². The molecule has 1 heterocycles. The predicted octanol–water partition coefficient (Wildman–Crippen LogP) is 3.14. The predicted molar refractivity (Wildman–Crippen MR) is 73.8 cm³/mol. The molecule has 4 nitrogen and oxygen atoms in total. The molecule has 0 aliphatic heterocycles. The van der Waals surface area contributed by atoms with E-state index in [-0.39, 0.29) is 11.6 Å². The first kappa shape index (κ1) is 14.1. The molecule has 5 heteroatoms. The highest BCUT2D eigenvalue weighted by Crippen LogP contribution is 2.44. The van der Waals surface area contributed by atoms with Gasteiger partial charge in [-0.15, -0.1) is 0 Å². The fraction of sp³-hybridized carbons (Fsp3) is 0.692. The van der Waals surface area contributed by atoms with E-state index in [0.717, 1.165) is 29.5 Å². The first-order valence-corrected chi connectivity index (χ1v) is 7.16. The lowest BCUT2D eigenvalue weighted by atomic mass is 9.74. The van der Waals surface area contributed by atoms with Gasteiger partial charge in [-0.25, -0.2) is 5.43 Å². The average Bonchev–Trinajstić information content (AvgIpc) is 2.77. The van der Waals surface area contributed by atoms with Gasteiger partial charge in [-0.2, -0.15) is 0 Å². The Hall–Kier alpha value is -0.360. The minimum Gasteiger partial charge on any atom is -0.466 e. The second-order valence-electron chi connectivity index (χ2n) is 5.20. The third kappa shape index (κ3) is 2.50. The van der Waals surface area contributed by atoms with E-state index in [2.05, 4.69) is 28.3 Å². The zero-order valence-electron chi connectivity index (χ0n) is 10.9. The van der Waals surface area contributed by atoms with Crippen LogP contribution in [-0.4, -0.2) is 12.7 Å². The van der Waals surface area contributed by atoms with Crippen LogP contribution in [0.2, 0.25) is 0 Å². The minimum atomic E-state index is -0.285. The van der Waals surface area contributed by atoms with E-state index in [1.54, 1.807) is 13.4 Å². The molecule has 1 aliphatic carbocycles. The van der Waals surface area contributed by atoms with E-state index in [1.165, 1.54) is 6.42 Å². The van der Waals surface area contributed by atoms with Crippen LogP contribution < -0.4 is 11.3 Å². The number of rotatable bonds is 4. The van der Waals surface area contributed by atoms with Crippen LogP contribution >= 0.6 is 15.9 Å². The number of hydrogen-bond acceptors (Lipinski definition) is 4. The average molecular weight is 317 g/mol. The zero-order valence-corrected chi connectivity index (χ0v) is 12.5. The Kier molecular flexibility index (Phi) is 4.48. The fourth-order valence-electron chi connectivity index (χ4n) is 3.09. The van der Waals surface area contributed by atoms with Crippen molar-refractivity contribution in [3.05, 3.63) is 22.6 Å². The summed E-state index contributed by atoms with van der Waals surface area (Å²) in [7, 11) is 1.76. The Balaban J connectivity index is 2.32. The molecule has 2 rings (SSSR count). The van der Waals surface area contributed by atoms with Gasteiger partial charge in [-0.05, 0) is 40.8 Å². The molecule has 1 aromatic heterocycles. The van der Waals surface area contributed by atoms with Crippen molar-refractivity contribution in [1.29, 1.82) is 0 Å². The maximum absolute atomic E-state index is 5.86. The van der Waals surface area contributed by atoms with Crippen molar-refractivity contribution in [1.82, 2.24) is 5.43 Å². The number of ether oxygens (including phenoxy) is 1. The third-order valence-corrected chi connectivity index (χ3v) is 4.65. The minimum absolute atomic E-state index is 0.130. The molecule has 0 bridgehead atoms. The van der Waals surface area contributed by atoms with Gasteiger partial charge in [0.2, 0.25) is 0 Å². The highest BCUT2D eigenvalue weighted by Gasteiger charge is 2.44. The number of hydrogen-bond donors (Lipinski definition) is 2. The molecular weight excluding hydrogens is 296 g/mol. The largest absolute Gasteiger partial charge is 0.466 e. The quantitative estimate of drug-likeness (QED) is 0.661. The van der Waals surface area contributed by atoms with Crippen LogP contribution in [0.5, 0.6) is 0 Å². The second kappa shape index (κ2) is 5.74. The summed E-state index contributed by atoms with van der Waals surface area (Å²) >= 11 is 3.50. The Morgan fingerprint density at radius 1 is 1.67 bits per heavy atom. The summed E-state index contributed by atoms with van der Waals surface area (Å²) in [5.41, 5.74) is 2.59. The lowest BCUT2D eigenvalue weighted by Crippen LogP contribution is -2.50. The summed E-state index contributed by atoms with van der Waals surface area (Å²) in [6.45, 7) is 2.26. The van der Waals surface area contributed by atoms with E-state index in [9.17, 15) is 0 Å². The molecule has 3 atom stereocenters. The van der Waals surface area contributed by atoms with E-state index < -0.39 is 0 Å². The van der Waals surface area contributed by atoms with Gasteiger partial charge < -0.3 is 9.15 Å². The first-order chi connectivity index (χ1) is 8.63. The molecule has 18 heavy (non-hydrogen) atoms.